The van der Waals surface area contributed by atoms with Crippen LogP contribution in [0.3, 0.4) is 0 Å². The van der Waals surface area contributed by atoms with Gasteiger partial charge in [0.05, 0.1) is 13.2 Å². The summed E-state index contributed by atoms with van der Waals surface area (Å²) >= 11 is 0. The average molecular weight is 266 g/mol. The zero-order valence-electron chi connectivity index (χ0n) is 12.5. The molecule has 0 amide bonds. The summed E-state index contributed by atoms with van der Waals surface area (Å²) in [6, 6.07) is 2.39. The van der Waals surface area contributed by atoms with E-state index in [1.807, 2.05) is 20.0 Å². The number of aliphatic hydroxyl groups excluding tert-OH is 1. The maximum atomic E-state index is 9.22. The van der Waals surface area contributed by atoms with Crippen LogP contribution in [-0.2, 0) is 6.54 Å². The molecule has 0 aromatic carbocycles. The average Bonchev–Trinajstić information content (AvgIpc) is 2.39. The number of aliphatic hydroxyl groups is 1. The molecule has 1 rings (SSSR count). The highest BCUT2D eigenvalue weighted by atomic mass is 16.3. The van der Waals surface area contributed by atoms with E-state index in [4.69, 9.17) is 0 Å². The molecule has 5 nitrogen and oxygen atoms in total. The number of aryl methyl sites for hydroxylation is 1. The molecule has 108 valence electrons. The monoisotopic (exact) mass is 266 g/mol. The lowest BCUT2D eigenvalue weighted by atomic mass is 10.1. The topological polar surface area (TPSA) is 61.3 Å². The molecular formula is C14H26N4O. The molecule has 0 atom stereocenters. The van der Waals surface area contributed by atoms with E-state index in [0.717, 1.165) is 30.2 Å². The quantitative estimate of drug-likeness (QED) is 0.751. The van der Waals surface area contributed by atoms with Gasteiger partial charge in [0.1, 0.15) is 11.6 Å². The molecule has 1 aromatic rings. The molecule has 19 heavy (non-hydrogen) atoms. The smallest absolute Gasteiger partial charge is 0.144 e. The fourth-order valence-corrected chi connectivity index (χ4v) is 2.33. The van der Waals surface area contributed by atoms with Gasteiger partial charge in [-0.05, 0) is 19.8 Å². The van der Waals surface area contributed by atoms with Crippen LogP contribution in [0, 0.1) is 6.92 Å². The van der Waals surface area contributed by atoms with Crippen LogP contribution in [0.2, 0.25) is 0 Å². The van der Waals surface area contributed by atoms with E-state index >= 15 is 0 Å². The zero-order chi connectivity index (χ0) is 14.3. The van der Waals surface area contributed by atoms with Crippen LogP contribution >= 0.6 is 0 Å². The SMILES string of the molecule is CCC(CC)N(CCO)Cc1nc(C)cc(NC)n1. The van der Waals surface area contributed by atoms with Crippen molar-refractivity contribution < 1.29 is 5.11 Å². The predicted octanol–water partition coefficient (Wildman–Crippen LogP) is 1.81. The highest BCUT2D eigenvalue weighted by Gasteiger charge is 2.16. The third kappa shape index (κ3) is 4.76. The molecule has 0 radical (unpaired) electrons. The van der Waals surface area contributed by atoms with E-state index in [1.54, 1.807) is 0 Å². The van der Waals surface area contributed by atoms with Gasteiger partial charge in [0.2, 0.25) is 0 Å². The maximum absolute atomic E-state index is 9.22. The summed E-state index contributed by atoms with van der Waals surface area (Å²) in [7, 11) is 1.86. The molecule has 5 heteroatoms. The van der Waals surface area contributed by atoms with Crippen LogP contribution in [0.1, 0.15) is 38.2 Å². The Hall–Kier alpha value is -1.20. The molecule has 1 aromatic heterocycles. The fourth-order valence-electron chi connectivity index (χ4n) is 2.33. The summed E-state index contributed by atoms with van der Waals surface area (Å²) < 4.78 is 0. The second-order valence-corrected chi connectivity index (χ2v) is 4.73. The van der Waals surface area contributed by atoms with Gasteiger partial charge in [-0.3, -0.25) is 4.90 Å². The largest absolute Gasteiger partial charge is 0.395 e. The first kappa shape index (κ1) is 15.9. The molecule has 2 N–H and O–H groups in total. The van der Waals surface area contributed by atoms with Crippen molar-refractivity contribution in [3.63, 3.8) is 0 Å². The molecule has 0 aliphatic carbocycles. The van der Waals surface area contributed by atoms with Crippen LogP contribution in [0.4, 0.5) is 5.82 Å². The van der Waals surface area contributed by atoms with Gasteiger partial charge in [-0.1, -0.05) is 13.8 Å². The van der Waals surface area contributed by atoms with E-state index in [0.29, 0.717) is 19.1 Å². The van der Waals surface area contributed by atoms with Crippen LogP contribution in [0.5, 0.6) is 0 Å². The molecule has 0 fully saturated rings. The lowest BCUT2D eigenvalue weighted by molar-refractivity contribution is 0.133. The minimum absolute atomic E-state index is 0.168. The number of rotatable bonds is 8. The van der Waals surface area contributed by atoms with Gasteiger partial charge in [-0.25, -0.2) is 9.97 Å². The van der Waals surface area contributed by atoms with Gasteiger partial charge in [0, 0.05) is 31.4 Å². The van der Waals surface area contributed by atoms with Gasteiger partial charge in [0.25, 0.3) is 0 Å². The first-order valence-corrected chi connectivity index (χ1v) is 7.01. The third-order valence-corrected chi connectivity index (χ3v) is 3.35. The van der Waals surface area contributed by atoms with Crippen molar-refractivity contribution in [3.05, 3.63) is 17.6 Å². The predicted molar refractivity (Wildman–Crippen MR) is 78.2 cm³/mol. The van der Waals surface area contributed by atoms with E-state index in [-0.39, 0.29) is 6.61 Å². The highest BCUT2D eigenvalue weighted by molar-refractivity contribution is 5.34. The molecule has 0 spiro atoms. The third-order valence-electron chi connectivity index (χ3n) is 3.35. The van der Waals surface area contributed by atoms with Crippen molar-refractivity contribution in [3.8, 4) is 0 Å². The minimum atomic E-state index is 0.168. The Morgan fingerprint density at radius 3 is 2.53 bits per heavy atom. The van der Waals surface area contributed by atoms with Crippen molar-refractivity contribution in [1.29, 1.82) is 0 Å². The Morgan fingerprint density at radius 1 is 1.32 bits per heavy atom. The number of hydrogen-bond donors (Lipinski definition) is 2. The second-order valence-electron chi connectivity index (χ2n) is 4.73. The van der Waals surface area contributed by atoms with Crippen LogP contribution in [-0.4, -0.2) is 46.2 Å². The molecule has 0 saturated heterocycles. The normalized spacial score (nSPS) is 11.3. The number of hydrogen-bond acceptors (Lipinski definition) is 5. The molecule has 0 aliphatic heterocycles. The Kier molecular flexibility index (Phi) is 6.73. The van der Waals surface area contributed by atoms with E-state index in [2.05, 4.69) is 34.0 Å². The van der Waals surface area contributed by atoms with Crippen molar-refractivity contribution in [2.75, 3.05) is 25.5 Å². The lowest BCUT2D eigenvalue weighted by Crippen LogP contribution is -2.36. The van der Waals surface area contributed by atoms with Gasteiger partial charge >= 0.3 is 0 Å². The number of nitrogens with one attached hydrogen (secondary N) is 1. The van der Waals surface area contributed by atoms with E-state index in [9.17, 15) is 5.11 Å². The molecule has 0 bridgehead atoms. The maximum Gasteiger partial charge on any atom is 0.144 e. The minimum Gasteiger partial charge on any atom is -0.395 e. The van der Waals surface area contributed by atoms with Crippen LogP contribution < -0.4 is 5.32 Å². The van der Waals surface area contributed by atoms with Crippen molar-refractivity contribution in [2.24, 2.45) is 0 Å². The van der Waals surface area contributed by atoms with Gasteiger partial charge < -0.3 is 10.4 Å². The Bertz CT molecular complexity index is 380. The summed E-state index contributed by atoms with van der Waals surface area (Å²) in [5.74, 6) is 1.65. The number of anilines is 1. The molecule has 0 saturated carbocycles. The van der Waals surface area contributed by atoms with E-state index in [1.165, 1.54) is 0 Å². The van der Waals surface area contributed by atoms with E-state index < -0.39 is 0 Å². The summed E-state index contributed by atoms with van der Waals surface area (Å²) in [4.78, 5) is 11.2. The molecule has 1 heterocycles. The van der Waals surface area contributed by atoms with Crippen molar-refractivity contribution >= 4 is 5.82 Å². The lowest BCUT2D eigenvalue weighted by Gasteiger charge is -2.29. The second kappa shape index (κ2) is 8.07. The standard InChI is InChI=1S/C14H26N4O/c1-5-12(6-2)18(7-8-19)10-14-16-11(3)9-13(15-4)17-14/h9,12,19H,5-8,10H2,1-4H3,(H,15,16,17). The van der Waals surface area contributed by atoms with Gasteiger partial charge in [-0.15, -0.1) is 0 Å². The van der Waals surface area contributed by atoms with Crippen LogP contribution in [0.25, 0.3) is 0 Å². The number of aromatic nitrogens is 2. The van der Waals surface area contributed by atoms with Crippen LogP contribution in [0.15, 0.2) is 6.07 Å². The van der Waals surface area contributed by atoms with Gasteiger partial charge in [0.15, 0.2) is 0 Å². The molecule has 0 unspecified atom stereocenters. The molecule has 0 aliphatic rings. The zero-order valence-corrected chi connectivity index (χ0v) is 12.5. The first-order chi connectivity index (χ1) is 9.14. The summed E-state index contributed by atoms with van der Waals surface area (Å²) in [6.45, 7) is 7.84. The van der Waals surface area contributed by atoms with Gasteiger partial charge in [-0.2, -0.15) is 0 Å². The fraction of sp³-hybridized carbons (Fsp3) is 0.714. The number of nitrogens with zero attached hydrogens (tertiary/aromatic N) is 3. The summed E-state index contributed by atoms with van der Waals surface area (Å²) in [5, 5.41) is 12.3. The highest BCUT2D eigenvalue weighted by Crippen LogP contribution is 2.13. The van der Waals surface area contributed by atoms with Crippen molar-refractivity contribution in [1.82, 2.24) is 14.9 Å². The van der Waals surface area contributed by atoms with Crippen molar-refractivity contribution in [2.45, 2.75) is 46.2 Å². The molecular weight excluding hydrogens is 240 g/mol. The Balaban J connectivity index is 2.86. The first-order valence-electron chi connectivity index (χ1n) is 7.01. The Labute approximate surface area is 116 Å². The summed E-state index contributed by atoms with van der Waals surface area (Å²) in [6.07, 6.45) is 2.14. The summed E-state index contributed by atoms with van der Waals surface area (Å²) in [5.41, 5.74) is 0.961. The Morgan fingerprint density at radius 2 is 2.00 bits per heavy atom.